The highest BCUT2D eigenvalue weighted by molar-refractivity contribution is 6.16. The van der Waals surface area contributed by atoms with E-state index in [9.17, 15) is 19.5 Å². The first-order valence-corrected chi connectivity index (χ1v) is 19.4. The molecule has 5 rings (SSSR count). The summed E-state index contributed by atoms with van der Waals surface area (Å²) < 4.78 is 18.3. The highest BCUT2D eigenvalue weighted by Crippen LogP contribution is 2.29. The van der Waals surface area contributed by atoms with E-state index in [0.29, 0.717) is 34.7 Å². The summed E-state index contributed by atoms with van der Waals surface area (Å²) >= 11 is 0. The van der Waals surface area contributed by atoms with Crippen LogP contribution in [0.4, 0.5) is 5.69 Å². The number of esters is 1. The Labute approximate surface area is 323 Å². The van der Waals surface area contributed by atoms with Gasteiger partial charge in [0.25, 0.3) is 5.91 Å². The fourth-order valence-corrected chi connectivity index (χ4v) is 6.39. The average molecular weight is 749 g/mol. The van der Waals surface area contributed by atoms with Gasteiger partial charge < -0.3 is 24.6 Å². The number of nitrogens with one attached hydrogen (secondary N) is 1. The van der Waals surface area contributed by atoms with Gasteiger partial charge in [-0.3, -0.25) is 9.59 Å². The first-order chi connectivity index (χ1) is 26.9. The molecule has 0 fully saturated rings. The van der Waals surface area contributed by atoms with Crippen LogP contribution in [-0.4, -0.2) is 51.5 Å². The van der Waals surface area contributed by atoms with Crippen LogP contribution >= 0.6 is 0 Å². The summed E-state index contributed by atoms with van der Waals surface area (Å²) in [6, 6.07) is 23.4. The largest absolute Gasteiger partial charge is 0.508 e. The SMILES string of the molecule is CCCCCCCCCCCCCCOC(=O)c1ccc(OC)c(NC(=O)C(C(=O)c2ccccc2)n2nnc3cc(OCc4ccc(O)cc4)ccc32)c1. The lowest BCUT2D eigenvalue weighted by Crippen LogP contribution is -2.33. The van der Waals surface area contributed by atoms with Gasteiger partial charge in [-0.1, -0.05) is 125 Å². The summed E-state index contributed by atoms with van der Waals surface area (Å²) in [6.45, 7) is 2.80. The van der Waals surface area contributed by atoms with E-state index in [4.69, 9.17) is 14.2 Å². The summed E-state index contributed by atoms with van der Waals surface area (Å²) in [7, 11) is 1.45. The minimum Gasteiger partial charge on any atom is -0.508 e. The number of ether oxygens (including phenoxy) is 3. The minimum absolute atomic E-state index is 0.166. The molecular weight excluding hydrogens is 697 g/mol. The number of anilines is 1. The number of Topliss-reactive ketones (excluding diaryl/α,β-unsaturated/α-hetero) is 1. The van der Waals surface area contributed by atoms with Crippen molar-refractivity contribution in [3.8, 4) is 17.2 Å². The maximum Gasteiger partial charge on any atom is 0.338 e. The fourth-order valence-electron chi connectivity index (χ4n) is 6.39. The molecule has 11 heteroatoms. The average Bonchev–Trinajstić information content (AvgIpc) is 3.62. The second-order valence-corrected chi connectivity index (χ2v) is 13.7. The van der Waals surface area contributed by atoms with Crippen molar-refractivity contribution in [1.29, 1.82) is 0 Å². The Bertz CT molecular complexity index is 1980. The van der Waals surface area contributed by atoms with Crippen LogP contribution in [-0.2, 0) is 16.1 Å². The van der Waals surface area contributed by atoms with Crippen molar-refractivity contribution in [3.63, 3.8) is 0 Å². The summed E-state index contributed by atoms with van der Waals surface area (Å²) in [5.74, 6) is -0.739. The Morgan fingerprint density at radius 2 is 1.44 bits per heavy atom. The predicted octanol–water partition coefficient (Wildman–Crippen LogP) is 9.65. The van der Waals surface area contributed by atoms with E-state index in [-0.39, 0.29) is 23.6 Å². The predicted molar refractivity (Wildman–Crippen MR) is 213 cm³/mol. The van der Waals surface area contributed by atoms with Gasteiger partial charge in [0.05, 0.1) is 30.5 Å². The van der Waals surface area contributed by atoms with E-state index in [1.54, 1.807) is 84.9 Å². The van der Waals surface area contributed by atoms with Gasteiger partial charge in [-0.05, 0) is 54.4 Å². The first kappa shape index (κ1) is 40.5. The normalized spacial score (nSPS) is 11.6. The first-order valence-electron chi connectivity index (χ1n) is 19.4. The molecule has 0 radical (unpaired) electrons. The van der Waals surface area contributed by atoms with Crippen molar-refractivity contribution in [3.05, 3.63) is 108 Å². The molecule has 0 bridgehead atoms. The molecule has 1 amide bonds. The van der Waals surface area contributed by atoms with E-state index >= 15 is 0 Å². The Balaban J connectivity index is 1.22. The summed E-state index contributed by atoms with van der Waals surface area (Å²) in [6.07, 6.45) is 14.6. The number of aromatic nitrogens is 3. The lowest BCUT2D eigenvalue weighted by Gasteiger charge is -2.18. The number of methoxy groups -OCH3 is 1. The third-order valence-electron chi connectivity index (χ3n) is 9.51. The van der Waals surface area contributed by atoms with Crippen LogP contribution in [0, 0.1) is 0 Å². The Morgan fingerprint density at radius 1 is 0.764 bits per heavy atom. The topological polar surface area (TPSA) is 142 Å². The molecule has 0 aliphatic carbocycles. The minimum atomic E-state index is -1.46. The van der Waals surface area contributed by atoms with Crippen LogP contribution in [0.1, 0.15) is 116 Å². The molecule has 5 aromatic rings. The van der Waals surface area contributed by atoms with Gasteiger partial charge in [0.2, 0.25) is 0 Å². The van der Waals surface area contributed by atoms with Crippen molar-refractivity contribution in [2.24, 2.45) is 0 Å². The van der Waals surface area contributed by atoms with Gasteiger partial charge in [0.15, 0.2) is 11.8 Å². The van der Waals surface area contributed by atoms with Crippen LogP contribution < -0.4 is 14.8 Å². The monoisotopic (exact) mass is 748 g/mol. The Morgan fingerprint density at radius 3 is 2.11 bits per heavy atom. The number of fused-ring (bicyclic) bond motifs is 1. The number of nitrogens with zero attached hydrogens (tertiary/aromatic N) is 3. The number of hydrogen-bond donors (Lipinski definition) is 2. The van der Waals surface area contributed by atoms with Crippen LogP contribution in [0.15, 0.2) is 91.0 Å². The number of phenolic OH excluding ortho intramolecular Hbond substituents is 1. The van der Waals surface area contributed by atoms with Crippen LogP contribution in [0.2, 0.25) is 0 Å². The molecular formula is C44H52N4O7. The van der Waals surface area contributed by atoms with Crippen LogP contribution in [0.3, 0.4) is 0 Å². The molecule has 290 valence electrons. The molecule has 0 aliphatic heterocycles. The van der Waals surface area contributed by atoms with Crippen molar-refractivity contribution in [1.82, 2.24) is 15.0 Å². The zero-order valence-electron chi connectivity index (χ0n) is 31.9. The van der Waals surface area contributed by atoms with E-state index in [0.717, 1.165) is 24.8 Å². The highest BCUT2D eigenvalue weighted by Gasteiger charge is 2.33. The maximum absolute atomic E-state index is 14.1. The number of amides is 1. The smallest absolute Gasteiger partial charge is 0.338 e. The second-order valence-electron chi connectivity index (χ2n) is 13.7. The van der Waals surface area contributed by atoms with Crippen molar-refractivity contribution >= 4 is 34.4 Å². The number of aromatic hydroxyl groups is 1. The number of phenols is 1. The molecule has 1 heterocycles. The van der Waals surface area contributed by atoms with Crippen molar-refractivity contribution < 1.29 is 33.7 Å². The molecule has 0 saturated carbocycles. The lowest BCUT2D eigenvalue weighted by molar-refractivity contribution is -0.118. The van der Waals surface area contributed by atoms with Crippen molar-refractivity contribution in [2.45, 2.75) is 96.6 Å². The van der Waals surface area contributed by atoms with Gasteiger partial charge >= 0.3 is 5.97 Å². The molecule has 0 spiro atoms. The Hall–Kier alpha value is -5.71. The standard InChI is InChI=1S/C44H52N4O7/c1-3-4-5-6-7-8-9-10-11-12-13-17-28-54-44(52)34-22-27-40(53-2)38(29-34)45-43(51)41(42(50)33-18-15-14-16-19-33)48-39-26-25-36(30-37(39)46-47-48)55-31-32-20-23-35(49)24-21-32/h14-16,18-27,29-30,41,49H,3-13,17,28,31H2,1-2H3,(H,45,51). The van der Waals surface area contributed by atoms with E-state index < -0.39 is 23.7 Å². The number of ketones is 1. The summed E-state index contributed by atoms with van der Waals surface area (Å²) in [5.41, 5.74) is 2.46. The van der Waals surface area contributed by atoms with Gasteiger partial charge in [0, 0.05) is 11.6 Å². The number of carbonyl (C=O) groups is 3. The van der Waals surface area contributed by atoms with Crippen LogP contribution in [0.25, 0.3) is 11.0 Å². The van der Waals surface area contributed by atoms with Crippen molar-refractivity contribution in [2.75, 3.05) is 19.0 Å². The van der Waals surface area contributed by atoms with Crippen LogP contribution in [0.5, 0.6) is 17.2 Å². The van der Waals surface area contributed by atoms with E-state index in [1.165, 1.54) is 75.6 Å². The number of rotatable bonds is 23. The second kappa shape index (κ2) is 21.2. The molecule has 1 unspecified atom stereocenters. The molecule has 11 nitrogen and oxygen atoms in total. The molecule has 2 N–H and O–H groups in total. The number of carbonyl (C=O) groups excluding carboxylic acids is 3. The quantitative estimate of drug-likeness (QED) is 0.0289. The molecule has 0 aliphatic rings. The number of benzene rings is 4. The van der Waals surface area contributed by atoms with Gasteiger partial charge in [0.1, 0.15) is 29.4 Å². The summed E-state index contributed by atoms with van der Waals surface area (Å²) in [5, 5.41) is 20.9. The third-order valence-corrected chi connectivity index (χ3v) is 9.51. The highest BCUT2D eigenvalue weighted by atomic mass is 16.5. The fraction of sp³-hybridized carbons (Fsp3) is 0.386. The molecule has 1 aromatic heterocycles. The van der Waals surface area contributed by atoms with Gasteiger partial charge in [-0.25, -0.2) is 9.48 Å². The molecule has 4 aromatic carbocycles. The zero-order valence-corrected chi connectivity index (χ0v) is 31.9. The molecule has 1 atom stereocenters. The zero-order chi connectivity index (χ0) is 38.8. The van der Waals surface area contributed by atoms with Gasteiger partial charge in [-0.2, -0.15) is 0 Å². The number of unbranched alkanes of at least 4 members (excludes halogenated alkanes) is 11. The molecule has 55 heavy (non-hydrogen) atoms. The lowest BCUT2D eigenvalue weighted by atomic mass is 10.0. The third kappa shape index (κ3) is 11.9. The summed E-state index contributed by atoms with van der Waals surface area (Å²) in [4.78, 5) is 41.2. The van der Waals surface area contributed by atoms with E-state index in [1.807, 2.05) is 0 Å². The Kier molecular flexibility index (Phi) is 15.6. The van der Waals surface area contributed by atoms with E-state index in [2.05, 4.69) is 22.6 Å². The van der Waals surface area contributed by atoms with Gasteiger partial charge in [-0.15, -0.1) is 5.10 Å². The molecule has 0 saturated heterocycles. The number of hydrogen-bond acceptors (Lipinski definition) is 9. The maximum atomic E-state index is 14.1.